The first-order valence-electron chi connectivity index (χ1n) is 7.02. The number of rotatable bonds is 8. The van der Waals surface area contributed by atoms with E-state index in [2.05, 4.69) is 17.0 Å². The van der Waals surface area contributed by atoms with E-state index >= 15 is 0 Å². The van der Waals surface area contributed by atoms with Crippen molar-refractivity contribution in [2.75, 3.05) is 13.7 Å². The van der Waals surface area contributed by atoms with Crippen molar-refractivity contribution in [3.05, 3.63) is 35.4 Å². The van der Waals surface area contributed by atoms with E-state index in [4.69, 9.17) is 0 Å². The van der Waals surface area contributed by atoms with E-state index in [1.165, 1.54) is 12.7 Å². The molecule has 0 aliphatic heterocycles. The number of methoxy groups -OCH3 is 1. The summed E-state index contributed by atoms with van der Waals surface area (Å²) < 4.78 is 4.41. The van der Waals surface area contributed by atoms with Crippen molar-refractivity contribution in [1.29, 1.82) is 0 Å². The molecule has 1 N–H and O–H groups in total. The van der Waals surface area contributed by atoms with E-state index in [-0.39, 0.29) is 31.1 Å². The van der Waals surface area contributed by atoms with Gasteiger partial charge in [0.05, 0.1) is 7.11 Å². The predicted octanol–water partition coefficient (Wildman–Crippen LogP) is 1.89. The molecule has 21 heavy (non-hydrogen) atoms. The molecule has 1 aromatic rings. The van der Waals surface area contributed by atoms with Crippen molar-refractivity contribution in [2.45, 2.75) is 32.6 Å². The molecule has 0 heterocycles. The molecule has 0 fully saturated rings. The number of Topliss-reactive ketones (excluding diaryl/α,β-unsaturated/α-hetero) is 1. The number of aryl methyl sites for hydroxylation is 1. The lowest BCUT2D eigenvalue weighted by Crippen LogP contribution is -2.30. The summed E-state index contributed by atoms with van der Waals surface area (Å²) in [5.74, 6) is -0.927. The molecule has 0 bridgehead atoms. The topological polar surface area (TPSA) is 72.5 Å². The third-order valence-electron chi connectivity index (χ3n) is 3.05. The van der Waals surface area contributed by atoms with Gasteiger partial charge in [0, 0.05) is 18.4 Å². The molecule has 0 aromatic heterocycles. The van der Waals surface area contributed by atoms with Crippen LogP contribution >= 0.6 is 0 Å². The van der Waals surface area contributed by atoms with Crippen LogP contribution in [-0.2, 0) is 20.7 Å². The molecule has 0 unspecified atom stereocenters. The highest BCUT2D eigenvalue weighted by Gasteiger charge is 2.10. The number of benzene rings is 1. The van der Waals surface area contributed by atoms with Crippen molar-refractivity contribution < 1.29 is 19.1 Å². The molecular weight excluding hydrogens is 270 g/mol. The van der Waals surface area contributed by atoms with Gasteiger partial charge in [-0.3, -0.25) is 14.4 Å². The van der Waals surface area contributed by atoms with Crippen LogP contribution in [0.2, 0.25) is 0 Å². The average molecular weight is 291 g/mol. The Morgan fingerprint density at radius 3 is 2.33 bits per heavy atom. The number of nitrogens with one attached hydrogen (secondary N) is 1. The summed E-state index contributed by atoms with van der Waals surface area (Å²) in [7, 11) is 1.25. The number of hydrogen-bond donors (Lipinski definition) is 1. The van der Waals surface area contributed by atoms with Gasteiger partial charge in [-0.15, -0.1) is 0 Å². The summed E-state index contributed by atoms with van der Waals surface area (Å²) in [6.07, 6.45) is 2.24. The highest BCUT2D eigenvalue weighted by molar-refractivity contribution is 5.98. The third-order valence-corrected chi connectivity index (χ3v) is 3.05. The third kappa shape index (κ3) is 6.21. The second-order valence-corrected chi connectivity index (χ2v) is 4.72. The van der Waals surface area contributed by atoms with Crippen LogP contribution in [0.3, 0.4) is 0 Å². The second kappa shape index (κ2) is 8.89. The Labute approximate surface area is 124 Å². The van der Waals surface area contributed by atoms with Crippen LogP contribution in [-0.4, -0.2) is 31.3 Å². The fourth-order valence-corrected chi connectivity index (χ4v) is 1.85. The maximum absolute atomic E-state index is 11.9. The predicted molar refractivity (Wildman–Crippen MR) is 79.0 cm³/mol. The second-order valence-electron chi connectivity index (χ2n) is 4.72. The number of ketones is 1. The Morgan fingerprint density at radius 2 is 1.76 bits per heavy atom. The first-order valence-corrected chi connectivity index (χ1v) is 7.02. The van der Waals surface area contributed by atoms with Crippen molar-refractivity contribution in [3.8, 4) is 0 Å². The van der Waals surface area contributed by atoms with Gasteiger partial charge in [0.2, 0.25) is 5.91 Å². The first kappa shape index (κ1) is 16.9. The summed E-state index contributed by atoms with van der Waals surface area (Å²) in [6.45, 7) is 1.93. The molecule has 0 aliphatic carbocycles. The molecule has 114 valence electrons. The van der Waals surface area contributed by atoms with Crippen molar-refractivity contribution in [3.63, 3.8) is 0 Å². The molecule has 0 atom stereocenters. The standard InChI is InChI=1S/C16H21NO4/c1-3-4-12-5-7-13(8-6-12)14(18)9-10-15(19)17-11-16(20)21-2/h5-8H,3-4,9-11H2,1-2H3,(H,17,19). The van der Waals surface area contributed by atoms with Gasteiger partial charge in [-0.25, -0.2) is 0 Å². The van der Waals surface area contributed by atoms with Gasteiger partial charge >= 0.3 is 5.97 Å². The number of carbonyl (C=O) groups is 3. The molecule has 0 aliphatic rings. The quantitative estimate of drug-likeness (QED) is 0.586. The Morgan fingerprint density at radius 1 is 1.10 bits per heavy atom. The van der Waals surface area contributed by atoms with Gasteiger partial charge in [0.15, 0.2) is 5.78 Å². The number of amides is 1. The minimum Gasteiger partial charge on any atom is -0.468 e. The van der Waals surface area contributed by atoms with E-state index in [9.17, 15) is 14.4 Å². The lowest BCUT2D eigenvalue weighted by molar-refractivity contribution is -0.141. The fourth-order valence-electron chi connectivity index (χ4n) is 1.85. The molecular formula is C16H21NO4. The van der Waals surface area contributed by atoms with E-state index in [0.717, 1.165) is 12.8 Å². The Kier molecular flexibility index (Phi) is 7.15. The molecule has 1 rings (SSSR count). The van der Waals surface area contributed by atoms with Crippen LogP contribution in [0.1, 0.15) is 42.1 Å². The highest BCUT2D eigenvalue weighted by Crippen LogP contribution is 2.09. The number of carbonyl (C=O) groups excluding carboxylic acids is 3. The van der Waals surface area contributed by atoms with Crippen molar-refractivity contribution in [2.24, 2.45) is 0 Å². The van der Waals surface area contributed by atoms with Gasteiger partial charge in [-0.2, -0.15) is 0 Å². The van der Waals surface area contributed by atoms with Crippen LogP contribution in [0.25, 0.3) is 0 Å². The SMILES string of the molecule is CCCc1ccc(C(=O)CCC(=O)NCC(=O)OC)cc1. The fraction of sp³-hybridized carbons (Fsp3) is 0.438. The van der Waals surface area contributed by atoms with E-state index in [0.29, 0.717) is 5.56 Å². The van der Waals surface area contributed by atoms with E-state index < -0.39 is 5.97 Å². The number of hydrogen-bond acceptors (Lipinski definition) is 4. The molecule has 1 amide bonds. The molecule has 1 aromatic carbocycles. The van der Waals surface area contributed by atoms with Gasteiger partial charge in [-0.1, -0.05) is 37.6 Å². The zero-order valence-electron chi connectivity index (χ0n) is 12.5. The molecule has 0 saturated heterocycles. The molecule has 5 heteroatoms. The van der Waals surface area contributed by atoms with Crippen LogP contribution in [0.4, 0.5) is 0 Å². The smallest absolute Gasteiger partial charge is 0.325 e. The summed E-state index contributed by atoms with van der Waals surface area (Å²) in [5.41, 5.74) is 1.81. The minimum absolute atomic E-state index is 0.0620. The van der Waals surface area contributed by atoms with Gasteiger partial charge in [0.1, 0.15) is 6.54 Å². The van der Waals surface area contributed by atoms with E-state index in [1.54, 1.807) is 12.1 Å². The molecule has 5 nitrogen and oxygen atoms in total. The maximum atomic E-state index is 11.9. The summed E-state index contributed by atoms with van der Waals surface area (Å²) in [5, 5.41) is 2.40. The van der Waals surface area contributed by atoms with Gasteiger partial charge < -0.3 is 10.1 Å². The zero-order valence-corrected chi connectivity index (χ0v) is 12.5. The van der Waals surface area contributed by atoms with Crippen LogP contribution in [0.15, 0.2) is 24.3 Å². The monoisotopic (exact) mass is 291 g/mol. The van der Waals surface area contributed by atoms with Gasteiger partial charge in [-0.05, 0) is 12.0 Å². The Bertz CT molecular complexity index is 494. The highest BCUT2D eigenvalue weighted by atomic mass is 16.5. The Balaban J connectivity index is 2.39. The molecule has 0 spiro atoms. The minimum atomic E-state index is -0.513. The van der Waals surface area contributed by atoms with E-state index in [1.807, 2.05) is 12.1 Å². The normalized spacial score (nSPS) is 10.0. The summed E-state index contributed by atoms with van der Waals surface area (Å²) in [6, 6.07) is 7.46. The molecule has 0 saturated carbocycles. The largest absolute Gasteiger partial charge is 0.468 e. The van der Waals surface area contributed by atoms with Crippen molar-refractivity contribution >= 4 is 17.7 Å². The Hall–Kier alpha value is -2.17. The van der Waals surface area contributed by atoms with Crippen LogP contribution < -0.4 is 5.32 Å². The first-order chi connectivity index (χ1) is 10.1. The lowest BCUT2D eigenvalue weighted by atomic mass is 10.0. The number of ether oxygens (including phenoxy) is 1. The maximum Gasteiger partial charge on any atom is 0.325 e. The zero-order chi connectivity index (χ0) is 15.7. The molecule has 0 radical (unpaired) electrons. The lowest BCUT2D eigenvalue weighted by Gasteiger charge is -2.04. The number of esters is 1. The van der Waals surface area contributed by atoms with Crippen LogP contribution in [0.5, 0.6) is 0 Å². The average Bonchev–Trinajstić information content (AvgIpc) is 2.51. The summed E-state index contributed by atoms with van der Waals surface area (Å²) in [4.78, 5) is 34.3. The summed E-state index contributed by atoms with van der Waals surface area (Å²) >= 11 is 0. The van der Waals surface area contributed by atoms with Crippen LogP contribution in [0, 0.1) is 0 Å². The van der Waals surface area contributed by atoms with Gasteiger partial charge in [0.25, 0.3) is 0 Å². The van der Waals surface area contributed by atoms with Crippen molar-refractivity contribution in [1.82, 2.24) is 5.32 Å².